The van der Waals surface area contributed by atoms with E-state index in [0.29, 0.717) is 36.0 Å². The molecule has 3 rings (SSSR count). The van der Waals surface area contributed by atoms with Crippen molar-refractivity contribution in [2.24, 2.45) is 0 Å². The summed E-state index contributed by atoms with van der Waals surface area (Å²) in [5.74, 6) is -2.76. The van der Waals surface area contributed by atoms with E-state index in [9.17, 15) is 74.1 Å². The van der Waals surface area contributed by atoms with E-state index in [1.165, 1.54) is 143 Å². The highest BCUT2D eigenvalue weighted by molar-refractivity contribution is 5.78. The summed E-state index contributed by atoms with van der Waals surface area (Å²) >= 11 is 0. The molecule has 0 bridgehead atoms. The highest BCUT2D eigenvalue weighted by Crippen LogP contribution is 2.28. The van der Waals surface area contributed by atoms with Gasteiger partial charge in [0.15, 0.2) is 6.10 Å². The van der Waals surface area contributed by atoms with Crippen LogP contribution in [0.5, 0.6) is 0 Å². The van der Waals surface area contributed by atoms with E-state index in [4.69, 9.17) is 18.9 Å². The second-order valence-electron chi connectivity index (χ2n) is 26.4. The smallest absolute Gasteiger partial charge is 0.320 e. The molecular weight excluding hydrogens is 1320 g/mol. The number of nitro groups is 3. The number of ether oxygens (including phenoxy) is 4. The third kappa shape index (κ3) is 43.0. The number of unbranched alkanes of at least 4 members (excludes halogenated alkanes) is 18. The van der Waals surface area contributed by atoms with Gasteiger partial charge in [-0.3, -0.25) is 83.5 Å². The molecule has 3 amide bonds. The molecule has 3 aromatic carbocycles. The van der Waals surface area contributed by atoms with Gasteiger partial charge in [0.2, 0.25) is 17.7 Å². The van der Waals surface area contributed by atoms with E-state index in [0.717, 1.165) is 57.8 Å². The summed E-state index contributed by atoms with van der Waals surface area (Å²) in [6.45, 7) is 5.76. The van der Waals surface area contributed by atoms with Gasteiger partial charge in [0.25, 0.3) is 17.1 Å². The fraction of sp³-hybridized carbons (Fsp3) is 0.658. The third-order valence-corrected chi connectivity index (χ3v) is 15.8. The summed E-state index contributed by atoms with van der Waals surface area (Å²) in [4.78, 5) is 125. The Morgan fingerprint density at radius 3 is 0.931 bits per heavy atom. The van der Waals surface area contributed by atoms with Crippen molar-refractivity contribution in [2.45, 2.75) is 211 Å². The molecule has 0 aliphatic heterocycles. The molecule has 0 aliphatic carbocycles. The molecule has 0 heterocycles. The van der Waals surface area contributed by atoms with Crippen LogP contribution in [0, 0.1) is 30.3 Å². The Kier molecular flexibility index (Phi) is 49.2. The van der Waals surface area contributed by atoms with Crippen LogP contribution in [0.3, 0.4) is 0 Å². The van der Waals surface area contributed by atoms with Gasteiger partial charge in [0.1, 0.15) is 31.5 Å². The van der Waals surface area contributed by atoms with E-state index in [1.54, 1.807) is 76.0 Å². The Morgan fingerprint density at radius 1 is 0.382 bits per heavy atom. The van der Waals surface area contributed by atoms with E-state index >= 15 is 0 Å². The Hall–Kier alpha value is -8.09. The third-order valence-electron chi connectivity index (χ3n) is 15.8. The molecule has 0 radical (unpaired) electrons. The molecule has 0 unspecified atom stereocenters. The van der Waals surface area contributed by atoms with Crippen molar-refractivity contribution < 1.29 is 77.5 Å². The Bertz CT molecular complexity index is 2870. The molecule has 0 spiro atoms. The van der Waals surface area contributed by atoms with E-state index in [-0.39, 0.29) is 80.6 Å². The lowest BCUT2D eigenvalue weighted by molar-refractivity contribution is -0.385. The van der Waals surface area contributed by atoms with Gasteiger partial charge in [-0.15, -0.1) is 0 Å². The molecule has 0 aromatic heterocycles. The van der Waals surface area contributed by atoms with Crippen LogP contribution in [0.2, 0.25) is 0 Å². The maximum atomic E-state index is 12.9. The van der Waals surface area contributed by atoms with Crippen molar-refractivity contribution in [2.75, 3.05) is 102 Å². The fourth-order valence-electron chi connectivity index (χ4n) is 10.4. The highest BCUT2D eigenvalue weighted by Gasteiger charge is 2.32. The molecule has 29 heteroatoms. The normalized spacial score (nSPS) is 12.8. The van der Waals surface area contributed by atoms with E-state index in [1.807, 2.05) is 0 Å². The molecule has 0 fully saturated rings. The summed E-state index contributed by atoms with van der Waals surface area (Å²) in [5, 5.41) is 62.0. The largest absolute Gasteiger partial charge is 0.462 e. The molecular formula is C73H118N10O19. The maximum absolute atomic E-state index is 12.9. The second-order valence-corrected chi connectivity index (χ2v) is 26.4. The van der Waals surface area contributed by atoms with Crippen LogP contribution >= 0.6 is 0 Å². The summed E-state index contributed by atoms with van der Waals surface area (Å²) in [5.41, 5.74) is 0.962. The average Bonchev–Trinajstić information content (AvgIpc) is 0.850. The van der Waals surface area contributed by atoms with Gasteiger partial charge in [-0.25, -0.2) is 0 Å². The number of aliphatic hydroxyl groups is 2. The van der Waals surface area contributed by atoms with Crippen molar-refractivity contribution in [3.63, 3.8) is 0 Å². The van der Waals surface area contributed by atoms with Crippen molar-refractivity contribution in [3.8, 4) is 0 Å². The maximum Gasteiger partial charge on any atom is 0.320 e. The number of carbonyl (C=O) groups is 7. The number of nitro benzene ring substituents is 3. The number of hydrogen-bond acceptors (Lipinski definition) is 23. The molecule has 29 nitrogen and oxygen atoms in total. The number of amides is 3. The van der Waals surface area contributed by atoms with Crippen LogP contribution in [0.1, 0.15) is 210 Å². The van der Waals surface area contributed by atoms with Gasteiger partial charge >= 0.3 is 23.9 Å². The predicted octanol–water partition coefficient (Wildman–Crippen LogP) is 10.2. The van der Waals surface area contributed by atoms with Gasteiger partial charge < -0.3 is 45.1 Å². The van der Waals surface area contributed by atoms with Crippen LogP contribution in [0.4, 0.5) is 17.1 Å². The first kappa shape index (κ1) is 91.9. The monoisotopic (exact) mass is 1440 g/mol. The number of likely N-dealkylation sites (N-methyl/N-ethyl adjacent to an activating group) is 4. The van der Waals surface area contributed by atoms with E-state index < -0.39 is 81.7 Å². The lowest BCUT2D eigenvalue weighted by Gasteiger charge is -2.29. The number of nitrogens with one attached hydrogen (secondary N) is 3. The van der Waals surface area contributed by atoms with Crippen molar-refractivity contribution in [1.29, 1.82) is 0 Å². The second kappa shape index (κ2) is 54.6. The Morgan fingerprint density at radius 2 is 0.637 bits per heavy atom. The molecule has 0 saturated heterocycles. The number of aliphatic hydroxyl groups excluding tert-OH is 2. The fourth-order valence-corrected chi connectivity index (χ4v) is 10.4. The van der Waals surface area contributed by atoms with Crippen LogP contribution in [0.15, 0.2) is 72.8 Å². The molecule has 5 N–H and O–H groups in total. The number of hydrogen-bond donors (Lipinski definition) is 5. The first-order valence-electron chi connectivity index (χ1n) is 35.7. The van der Waals surface area contributed by atoms with Crippen LogP contribution in [-0.4, -0.2) is 207 Å². The standard InChI is InChI=1S/C27H44N4O7.2C23H37N3O6/c1-6-7-8-9-10-11-12-13-24(32)28-23(20-37-25(33)18-29(2)3)27(38-26(34)19-30(4)5)21-14-16-22(17-15-21)31(35)36;1-4-5-6-7-8-9-10-11-21(27)24-20(17-32-22(28)16-25(2)3)23(29)18-12-14-19(15-13-18)26(30)31;1-4-5-6-7-8-9-10-11-21(28)24-20(17-27)23(32-22(29)16-25(2)3)18-12-14-19(15-13-18)26(30)31/h14-17,23,27H,6-13,18-20H2,1-5H3,(H,28,32);12-15,20,23,29H,4-11,16-17H2,1-3H3,(H,24,27);12-15,20,23,27H,4-11,16-17H2,1-3H3,(H,24,28)/t23-,27-;2*20-,23-/m111/s1. The molecule has 0 aliphatic rings. The molecule has 0 saturated carbocycles. The Labute approximate surface area is 602 Å². The zero-order chi connectivity index (χ0) is 76.4. The summed E-state index contributed by atoms with van der Waals surface area (Å²) in [7, 11) is 13.8. The van der Waals surface area contributed by atoms with Gasteiger partial charge in [-0.1, -0.05) is 136 Å². The molecule has 6 atom stereocenters. The number of benzene rings is 3. The van der Waals surface area contributed by atoms with Gasteiger partial charge in [0.05, 0.1) is 59.6 Å². The zero-order valence-corrected chi connectivity index (χ0v) is 62.3. The number of rotatable bonds is 51. The minimum atomic E-state index is -1.18. The summed E-state index contributed by atoms with van der Waals surface area (Å²) in [6.07, 6.45) is 20.4. The number of non-ortho nitro benzene ring substituents is 3. The van der Waals surface area contributed by atoms with Gasteiger partial charge in [-0.2, -0.15) is 0 Å². The summed E-state index contributed by atoms with van der Waals surface area (Å²) < 4.78 is 22.0. The molecule has 574 valence electrons. The SMILES string of the molecule is CCCCCCCCCC(=O)N[C@H](CO)[C@H](OC(=O)CN(C)C)c1ccc([N+](=O)[O-])cc1.CCCCCCCCCC(=O)N[C@H](COC(=O)CN(C)C)[C@H](O)c1ccc([N+](=O)[O-])cc1.CCCCCCCCCC(=O)N[C@H](COC(=O)CN(C)C)[C@H](OC(=O)CN(C)C)c1ccc([N+](=O)[O-])cc1. The van der Waals surface area contributed by atoms with Crippen molar-refractivity contribution in [3.05, 3.63) is 120 Å². The van der Waals surface area contributed by atoms with E-state index in [2.05, 4.69) is 36.7 Å². The van der Waals surface area contributed by atoms with Crippen LogP contribution in [0.25, 0.3) is 0 Å². The topological polar surface area (TPSA) is 375 Å². The number of carbonyl (C=O) groups excluding carboxylic acids is 7. The van der Waals surface area contributed by atoms with Crippen LogP contribution < -0.4 is 16.0 Å². The number of nitrogens with zero attached hydrogens (tertiary/aromatic N) is 7. The Balaban J connectivity index is 0.000000769. The van der Waals surface area contributed by atoms with Gasteiger partial charge in [-0.05, 0) is 129 Å². The summed E-state index contributed by atoms with van der Waals surface area (Å²) in [6, 6.07) is 13.9. The minimum Gasteiger partial charge on any atom is -0.462 e. The quantitative estimate of drug-likeness (QED) is 0.0115. The minimum absolute atomic E-state index is 0.0113. The predicted molar refractivity (Wildman–Crippen MR) is 389 cm³/mol. The lowest BCUT2D eigenvalue weighted by atomic mass is 10.0. The van der Waals surface area contributed by atoms with Crippen molar-refractivity contribution in [1.82, 2.24) is 35.6 Å². The average molecular weight is 1440 g/mol. The lowest BCUT2D eigenvalue weighted by Crippen LogP contribution is -2.45. The molecule has 3 aromatic rings. The number of esters is 4. The van der Waals surface area contributed by atoms with Gasteiger partial charge in [0, 0.05) is 55.7 Å². The van der Waals surface area contributed by atoms with Crippen molar-refractivity contribution >= 4 is 58.7 Å². The first-order chi connectivity index (χ1) is 48.5. The zero-order valence-electron chi connectivity index (χ0n) is 62.3. The highest BCUT2D eigenvalue weighted by atomic mass is 16.6. The van der Waals surface area contributed by atoms with Crippen LogP contribution in [-0.2, 0) is 52.5 Å². The molecule has 102 heavy (non-hydrogen) atoms. The first-order valence-corrected chi connectivity index (χ1v) is 35.7.